The van der Waals surface area contributed by atoms with Gasteiger partial charge in [-0.2, -0.15) is 0 Å². The summed E-state index contributed by atoms with van der Waals surface area (Å²) in [6.07, 6.45) is 2.08. The number of alkyl carbamates (subject to hydrolysis) is 1. The summed E-state index contributed by atoms with van der Waals surface area (Å²) in [7, 11) is 0. The summed E-state index contributed by atoms with van der Waals surface area (Å²) in [5.74, 6) is -0.411. The van der Waals surface area contributed by atoms with E-state index in [9.17, 15) is 19.7 Å². The number of carbonyl (C=O) groups is 2. The second-order valence-electron chi connectivity index (χ2n) is 8.07. The van der Waals surface area contributed by atoms with E-state index >= 15 is 0 Å². The van der Waals surface area contributed by atoms with Crippen molar-refractivity contribution in [3.63, 3.8) is 0 Å². The summed E-state index contributed by atoms with van der Waals surface area (Å²) >= 11 is 0. The molecule has 0 aliphatic carbocycles. The number of amides is 2. The highest BCUT2D eigenvalue weighted by atomic mass is 16.6. The molecule has 28 heavy (non-hydrogen) atoms. The number of rotatable bonds is 7. The number of hydrogen-bond acceptors (Lipinski definition) is 5. The zero-order valence-corrected chi connectivity index (χ0v) is 17.2. The molecule has 1 unspecified atom stereocenters. The van der Waals surface area contributed by atoms with Crippen LogP contribution in [0.1, 0.15) is 47.1 Å². The fourth-order valence-electron chi connectivity index (χ4n) is 2.25. The largest absolute Gasteiger partial charge is 0.444 e. The lowest BCUT2D eigenvalue weighted by atomic mass is 9.88. The van der Waals surface area contributed by atoms with Crippen molar-refractivity contribution in [2.24, 2.45) is 5.92 Å². The Kier molecular flexibility index (Phi) is 7.72. The van der Waals surface area contributed by atoms with Crippen molar-refractivity contribution in [3.05, 3.63) is 46.0 Å². The van der Waals surface area contributed by atoms with Crippen molar-refractivity contribution < 1.29 is 19.2 Å². The summed E-state index contributed by atoms with van der Waals surface area (Å²) in [4.78, 5) is 34.8. The zero-order chi connectivity index (χ0) is 21.5. The fourth-order valence-corrected chi connectivity index (χ4v) is 2.25. The molecule has 154 valence electrons. The molecular weight excluding hydrogens is 362 g/mol. The quantitative estimate of drug-likeness (QED) is 0.419. The maximum atomic E-state index is 12.4. The molecule has 1 atom stereocenters. The first-order chi connectivity index (χ1) is 12.8. The minimum atomic E-state index is -0.735. The van der Waals surface area contributed by atoms with Crippen LogP contribution in [0, 0.1) is 16.0 Å². The van der Waals surface area contributed by atoms with Gasteiger partial charge in [0.05, 0.1) is 16.0 Å². The van der Waals surface area contributed by atoms with E-state index < -0.39 is 28.1 Å². The maximum Gasteiger partial charge on any atom is 0.407 e. The van der Waals surface area contributed by atoms with Crippen molar-refractivity contribution in [1.29, 1.82) is 0 Å². The Balaban J connectivity index is 2.82. The van der Waals surface area contributed by atoms with Gasteiger partial charge in [-0.3, -0.25) is 14.9 Å². The van der Waals surface area contributed by atoms with Gasteiger partial charge < -0.3 is 15.4 Å². The van der Waals surface area contributed by atoms with Crippen molar-refractivity contribution in [1.82, 2.24) is 10.6 Å². The molecule has 0 aromatic heterocycles. The Morgan fingerprint density at radius 1 is 1.21 bits per heavy atom. The molecule has 0 spiro atoms. The molecule has 2 amide bonds. The Hall–Kier alpha value is -2.90. The molecule has 1 rings (SSSR count). The Morgan fingerprint density at radius 3 is 2.36 bits per heavy atom. The Morgan fingerprint density at radius 2 is 1.82 bits per heavy atom. The van der Waals surface area contributed by atoms with E-state index in [0.717, 1.165) is 0 Å². The molecule has 0 saturated carbocycles. The van der Waals surface area contributed by atoms with Gasteiger partial charge in [0.1, 0.15) is 5.60 Å². The lowest BCUT2D eigenvalue weighted by molar-refractivity contribution is -0.385. The molecule has 0 aliphatic heterocycles. The highest BCUT2D eigenvalue weighted by Crippen LogP contribution is 2.20. The maximum absolute atomic E-state index is 12.4. The first-order valence-corrected chi connectivity index (χ1v) is 9.04. The van der Waals surface area contributed by atoms with Crippen LogP contribution in [0.3, 0.4) is 0 Å². The third kappa shape index (κ3) is 7.38. The lowest BCUT2D eigenvalue weighted by Crippen LogP contribution is -2.56. The highest BCUT2D eigenvalue weighted by Gasteiger charge is 2.31. The number of hydrogen-bond donors (Lipinski definition) is 2. The van der Waals surface area contributed by atoms with Crippen LogP contribution in [0.2, 0.25) is 0 Å². The van der Waals surface area contributed by atoms with Gasteiger partial charge in [-0.1, -0.05) is 26.0 Å². The second-order valence-corrected chi connectivity index (χ2v) is 8.07. The standard InChI is InChI=1S/C20H29N3O5/c1-14(2)20(6,13-21-18(25)28-19(3,4)5)22-17(24)12-11-15-9-7-8-10-16(15)23(26)27/h7-12,14H,13H2,1-6H3,(H,21,25)(H,22,24)/b12-11+. The molecule has 8 nitrogen and oxygen atoms in total. The van der Waals surface area contributed by atoms with Crippen molar-refractivity contribution >= 4 is 23.8 Å². The SMILES string of the molecule is CC(C)C(C)(CNC(=O)OC(C)(C)C)NC(=O)/C=C/c1ccccc1[N+](=O)[O-]. The van der Waals surface area contributed by atoms with Crippen LogP contribution in [0.4, 0.5) is 10.5 Å². The van der Waals surface area contributed by atoms with Gasteiger partial charge in [-0.05, 0) is 45.8 Å². The molecule has 2 N–H and O–H groups in total. The van der Waals surface area contributed by atoms with E-state index in [-0.39, 0.29) is 18.2 Å². The normalized spacial score (nSPS) is 13.8. The Bertz CT molecular complexity index is 752. The first kappa shape index (κ1) is 23.1. The molecule has 1 aromatic rings. The van der Waals surface area contributed by atoms with Crippen LogP contribution in [0.5, 0.6) is 0 Å². The smallest absolute Gasteiger partial charge is 0.407 e. The minimum Gasteiger partial charge on any atom is -0.444 e. The van der Waals surface area contributed by atoms with Gasteiger partial charge >= 0.3 is 6.09 Å². The van der Waals surface area contributed by atoms with Crippen molar-refractivity contribution in [2.45, 2.75) is 52.7 Å². The van der Waals surface area contributed by atoms with E-state index in [1.807, 2.05) is 20.8 Å². The highest BCUT2D eigenvalue weighted by molar-refractivity contribution is 5.92. The number of nitro groups is 1. The number of nitrogens with one attached hydrogen (secondary N) is 2. The summed E-state index contributed by atoms with van der Waals surface area (Å²) in [6, 6.07) is 6.16. The number of nitrogens with zero attached hydrogens (tertiary/aromatic N) is 1. The summed E-state index contributed by atoms with van der Waals surface area (Å²) in [5, 5.41) is 16.6. The van der Waals surface area contributed by atoms with Gasteiger partial charge in [0, 0.05) is 18.7 Å². The first-order valence-electron chi connectivity index (χ1n) is 9.04. The monoisotopic (exact) mass is 391 g/mol. The molecule has 0 radical (unpaired) electrons. The number of ether oxygens (including phenoxy) is 1. The van der Waals surface area contributed by atoms with E-state index in [1.165, 1.54) is 18.2 Å². The second kappa shape index (κ2) is 9.34. The van der Waals surface area contributed by atoms with Crippen LogP contribution in [-0.2, 0) is 9.53 Å². The predicted octanol–water partition coefficient (Wildman–Crippen LogP) is 3.66. The van der Waals surface area contributed by atoms with Crippen LogP contribution in [0.25, 0.3) is 6.08 Å². The molecule has 1 aromatic carbocycles. The average Bonchev–Trinajstić information content (AvgIpc) is 2.56. The molecule has 0 bridgehead atoms. The summed E-state index contributed by atoms with van der Waals surface area (Å²) < 4.78 is 5.22. The molecule has 0 heterocycles. The summed E-state index contributed by atoms with van der Waals surface area (Å²) in [6.45, 7) is 11.1. The fraction of sp³-hybridized carbons (Fsp3) is 0.500. The van der Waals surface area contributed by atoms with Gasteiger partial charge in [-0.15, -0.1) is 0 Å². The Labute approximate surface area is 165 Å². The molecule has 0 fully saturated rings. The van der Waals surface area contributed by atoms with Crippen LogP contribution in [0.15, 0.2) is 30.3 Å². The molecule has 0 aliphatic rings. The van der Waals surface area contributed by atoms with Gasteiger partial charge in [-0.25, -0.2) is 4.79 Å². The lowest BCUT2D eigenvalue weighted by Gasteiger charge is -2.35. The van der Waals surface area contributed by atoms with Gasteiger partial charge in [0.15, 0.2) is 0 Å². The van der Waals surface area contributed by atoms with Crippen LogP contribution >= 0.6 is 0 Å². The van der Waals surface area contributed by atoms with Crippen molar-refractivity contribution in [3.8, 4) is 0 Å². The van der Waals surface area contributed by atoms with E-state index in [4.69, 9.17) is 4.74 Å². The van der Waals surface area contributed by atoms with E-state index in [2.05, 4.69) is 10.6 Å². The number of benzene rings is 1. The average molecular weight is 391 g/mol. The third-order valence-corrected chi connectivity index (χ3v) is 4.23. The van der Waals surface area contributed by atoms with Crippen molar-refractivity contribution in [2.75, 3.05) is 6.54 Å². The van der Waals surface area contributed by atoms with E-state index in [0.29, 0.717) is 5.56 Å². The number of carbonyl (C=O) groups excluding carboxylic acids is 2. The van der Waals surface area contributed by atoms with E-state index in [1.54, 1.807) is 39.0 Å². The zero-order valence-electron chi connectivity index (χ0n) is 17.2. The van der Waals surface area contributed by atoms with Gasteiger partial charge in [0.2, 0.25) is 5.91 Å². The minimum absolute atomic E-state index is 0.00541. The molecule has 8 heteroatoms. The van der Waals surface area contributed by atoms with Crippen LogP contribution < -0.4 is 10.6 Å². The molecular formula is C20H29N3O5. The number of para-hydroxylation sites is 1. The third-order valence-electron chi connectivity index (χ3n) is 4.23. The summed E-state index contributed by atoms with van der Waals surface area (Å²) in [5.41, 5.74) is -1.10. The topological polar surface area (TPSA) is 111 Å². The predicted molar refractivity (Wildman–Crippen MR) is 108 cm³/mol. The number of nitro benzene ring substituents is 1. The molecule has 0 saturated heterocycles. The van der Waals surface area contributed by atoms with Gasteiger partial charge in [0.25, 0.3) is 5.69 Å². The van der Waals surface area contributed by atoms with Crippen LogP contribution in [-0.4, -0.2) is 34.6 Å².